The first-order chi connectivity index (χ1) is 15.1. The van der Waals surface area contributed by atoms with E-state index in [1.807, 2.05) is 35.2 Å². The molecule has 0 radical (unpaired) electrons. The second-order valence-electron chi connectivity index (χ2n) is 8.14. The maximum atomic E-state index is 12.8. The van der Waals surface area contributed by atoms with Crippen molar-refractivity contribution in [3.63, 3.8) is 0 Å². The van der Waals surface area contributed by atoms with Crippen molar-refractivity contribution in [1.29, 1.82) is 0 Å². The van der Waals surface area contributed by atoms with Crippen LogP contribution in [0.2, 0.25) is 0 Å². The van der Waals surface area contributed by atoms with Gasteiger partial charge < -0.3 is 19.3 Å². The highest BCUT2D eigenvalue weighted by atomic mass is 16.5. The molecule has 2 amide bonds. The molecule has 2 saturated heterocycles. The van der Waals surface area contributed by atoms with Crippen LogP contribution in [-0.4, -0.2) is 78.3 Å². The van der Waals surface area contributed by atoms with Crippen LogP contribution >= 0.6 is 0 Å². The van der Waals surface area contributed by atoms with Crippen LogP contribution in [0.25, 0.3) is 0 Å². The summed E-state index contributed by atoms with van der Waals surface area (Å²) in [4.78, 5) is 29.2. The van der Waals surface area contributed by atoms with Crippen LogP contribution in [0.15, 0.2) is 30.3 Å². The highest BCUT2D eigenvalue weighted by Gasteiger charge is 2.27. The molecule has 8 heteroatoms. The van der Waals surface area contributed by atoms with Crippen molar-refractivity contribution in [3.05, 3.63) is 47.3 Å². The molecule has 4 rings (SSSR count). The Morgan fingerprint density at radius 1 is 1.16 bits per heavy atom. The van der Waals surface area contributed by atoms with Gasteiger partial charge in [0.2, 0.25) is 5.91 Å². The van der Waals surface area contributed by atoms with Crippen LogP contribution in [0.5, 0.6) is 5.75 Å². The number of morpholine rings is 1. The highest BCUT2D eigenvalue weighted by molar-refractivity contribution is 5.92. The molecule has 31 heavy (non-hydrogen) atoms. The number of carbonyl (C=O) groups excluding carboxylic acids is 2. The molecule has 1 atom stereocenters. The van der Waals surface area contributed by atoms with Gasteiger partial charge in [0.05, 0.1) is 20.3 Å². The molecule has 1 aromatic heterocycles. The summed E-state index contributed by atoms with van der Waals surface area (Å²) in [7, 11) is 1.65. The fourth-order valence-corrected chi connectivity index (χ4v) is 4.24. The summed E-state index contributed by atoms with van der Waals surface area (Å²) in [5, 5.41) is 7.30. The first kappa shape index (κ1) is 21.4. The smallest absolute Gasteiger partial charge is 0.274 e. The lowest BCUT2D eigenvalue weighted by Gasteiger charge is -2.32. The Kier molecular flexibility index (Phi) is 6.86. The Hall–Kier alpha value is -2.87. The average Bonchev–Trinajstić information content (AvgIpc) is 3.33. The lowest BCUT2D eigenvalue weighted by atomic mass is 9.94. The number of methoxy groups -OCH3 is 1. The van der Waals surface area contributed by atoms with Gasteiger partial charge in [-0.25, -0.2) is 0 Å². The molecule has 0 bridgehead atoms. The number of hydrogen-bond acceptors (Lipinski definition) is 5. The maximum Gasteiger partial charge on any atom is 0.274 e. The molecule has 2 aromatic rings. The van der Waals surface area contributed by atoms with E-state index < -0.39 is 0 Å². The van der Waals surface area contributed by atoms with Crippen LogP contribution in [-0.2, 0) is 16.0 Å². The summed E-state index contributed by atoms with van der Waals surface area (Å²) in [6.45, 7) is 3.78. The van der Waals surface area contributed by atoms with Gasteiger partial charge in [-0.05, 0) is 43.0 Å². The van der Waals surface area contributed by atoms with Crippen molar-refractivity contribution in [2.45, 2.75) is 31.6 Å². The molecule has 2 aliphatic heterocycles. The first-order valence-corrected chi connectivity index (χ1v) is 11.0. The summed E-state index contributed by atoms with van der Waals surface area (Å²) in [5.41, 5.74) is 2.51. The Labute approximate surface area is 182 Å². The number of nitrogens with one attached hydrogen (secondary N) is 1. The topological polar surface area (TPSA) is 87.8 Å². The standard InChI is InChI=1S/C23H30N4O4/c1-30-19-7-4-17(5-8-19)6-9-22(28)27-10-2-3-18(16-27)20-15-21(25-24-20)23(29)26-11-13-31-14-12-26/h4-5,7-8,15,18H,2-3,6,9-14,16H2,1H3,(H,24,25)/t18-/m0/s1. The van der Waals surface area contributed by atoms with Crippen LogP contribution in [0, 0.1) is 0 Å². The zero-order chi connectivity index (χ0) is 21.6. The van der Waals surface area contributed by atoms with E-state index in [-0.39, 0.29) is 17.7 Å². The molecule has 0 aliphatic carbocycles. The number of ether oxygens (including phenoxy) is 2. The highest BCUT2D eigenvalue weighted by Crippen LogP contribution is 2.27. The number of hydrogen-bond donors (Lipinski definition) is 1. The van der Waals surface area contributed by atoms with Crippen LogP contribution in [0.1, 0.15) is 46.9 Å². The Balaban J connectivity index is 1.32. The number of rotatable bonds is 6. The van der Waals surface area contributed by atoms with E-state index in [1.165, 1.54) is 0 Å². The molecule has 166 valence electrons. The predicted molar refractivity (Wildman–Crippen MR) is 115 cm³/mol. The fraction of sp³-hybridized carbons (Fsp3) is 0.522. The SMILES string of the molecule is COc1ccc(CCC(=O)N2CCC[C@H](c3cc(C(=O)N4CCOCC4)n[nH]3)C2)cc1. The van der Waals surface area contributed by atoms with Gasteiger partial charge in [-0.3, -0.25) is 14.7 Å². The summed E-state index contributed by atoms with van der Waals surface area (Å²) >= 11 is 0. The van der Waals surface area contributed by atoms with Gasteiger partial charge in [0.1, 0.15) is 11.4 Å². The number of aromatic nitrogens is 2. The van der Waals surface area contributed by atoms with Crippen LogP contribution in [0.3, 0.4) is 0 Å². The molecule has 3 heterocycles. The molecule has 2 aliphatic rings. The van der Waals surface area contributed by atoms with Gasteiger partial charge in [-0.15, -0.1) is 0 Å². The molecular weight excluding hydrogens is 396 g/mol. The average molecular weight is 427 g/mol. The van der Waals surface area contributed by atoms with Gasteiger partial charge in [-0.1, -0.05) is 12.1 Å². The minimum Gasteiger partial charge on any atom is -0.497 e. The number of piperidine rings is 1. The van der Waals surface area contributed by atoms with Crippen LogP contribution < -0.4 is 4.74 Å². The maximum absolute atomic E-state index is 12.8. The largest absolute Gasteiger partial charge is 0.497 e. The van der Waals surface area contributed by atoms with E-state index in [0.29, 0.717) is 51.4 Å². The molecule has 2 fully saturated rings. The number of nitrogens with zero attached hydrogens (tertiary/aromatic N) is 3. The number of amides is 2. The van der Waals surface area contributed by atoms with Gasteiger partial charge in [0.25, 0.3) is 5.91 Å². The molecule has 0 spiro atoms. The fourth-order valence-electron chi connectivity index (χ4n) is 4.24. The number of likely N-dealkylation sites (tertiary alicyclic amines) is 1. The van der Waals surface area contributed by atoms with Gasteiger partial charge in [0.15, 0.2) is 0 Å². The van der Waals surface area contributed by atoms with Crippen molar-refractivity contribution in [1.82, 2.24) is 20.0 Å². The quantitative estimate of drug-likeness (QED) is 0.765. The van der Waals surface area contributed by atoms with E-state index >= 15 is 0 Å². The van der Waals surface area contributed by atoms with Crippen molar-refractivity contribution < 1.29 is 19.1 Å². The minimum atomic E-state index is -0.0611. The molecule has 1 N–H and O–H groups in total. The number of aryl methyl sites for hydroxylation is 1. The molecule has 8 nitrogen and oxygen atoms in total. The normalized spacial score (nSPS) is 19.3. The molecule has 0 saturated carbocycles. The van der Waals surface area contributed by atoms with E-state index in [2.05, 4.69) is 10.2 Å². The predicted octanol–water partition coefficient (Wildman–Crippen LogP) is 2.23. The van der Waals surface area contributed by atoms with Crippen LogP contribution in [0.4, 0.5) is 0 Å². The number of H-pyrrole nitrogens is 1. The van der Waals surface area contributed by atoms with E-state index in [9.17, 15) is 9.59 Å². The lowest BCUT2D eigenvalue weighted by Crippen LogP contribution is -2.40. The van der Waals surface area contributed by atoms with Crippen molar-refractivity contribution >= 4 is 11.8 Å². The number of benzene rings is 1. The summed E-state index contributed by atoms with van der Waals surface area (Å²) in [6, 6.07) is 9.70. The number of aromatic amines is 1. The van der Waals surface area contributed by atoms with E-state index in [0.717, 1.165) is 36.4 Å². The number of carbonyl (C=O) groups is 2. The minimum absolute atomic E-state index is 0.0611. The monoisotopic (exact) mass is 426 g/mol. The Morgan fingerprint density at radius 3 is 2.68 bits per heavy atom. The first-order valence-electron chi connectivity index (χ1n) is 11.0. The Morgan fingerprint density at radius 2 is 1.94 bits per heavy atom. The third kappa shape index (κ3) is 5.25. The molecular formula is C23H30N4O4. The zero-order valence-corrected chi connectivity index (χ0v) is 18.0. The summed E-state index contributed by atoms with van der Waals surface area (Å²) in [5.74, 6) is 1.11. The summed E-state index contributed by atoms with van der Waals surface area (Å²) < 4.78 is 10.5. The third-order valence-corrected chi connectivity index (χ3v) is 6.12. The second-order valence-corrected chi connectivity index (χ2v) is 8.14. The molecule has 0 unspecified atom stereocenters. The van der Waals surface area contributed by atoms with Crippen molar-refractivity contribution in [2.24, 2.45) is 0 Å². The zero-order valence-electron chi connectivity index (χ0n) is 18.0. The van der Waals surface area contributed by atoms with E-state index in [1.54, 1.807) is 12.0 Å². The van der Waals surface area contributed by atoms with Crippen molar-refractivity contribution in [3.8, 4) is 5.75 Å². The van der Waals surface area contributed by atoms with Crippen molar-refractivity contribution in [2.75, 3.05) is 46.5 Å². The van der Waals surface area contributed by atoms with Gasteiger partial charge >= 0.3 is 0 Å². The van der Waals surface area contributed by atoms with E-state index in [4.69, 9.17) is 9.47 Å². The lowest BCUT2D eigenvalue weighted by molar-refractivity contribution is -0.132. The molecule has 1 aromatic carbocycles. The third-order valence-electron chi connectivity index (χ3n) is 6.12. The Bertz CT molecular complexity index is 889. The summed E-state index contributed by atoms with van der Waals surface area (Å²) in [6.07, 6.45) is 3.13. The van der Waals surface area contributed by atoms with Gasteiger partial charge in [0, 0.05) is 44.2 Å². The second kappa shape index (κ2) is 9.96. The van der Waals surface area contributed by atoms with Gasteiger partial charge in [-0.2, -0.15) is 5.10 Å².